The molecule has 3 heteroatoms. The number of hydrogen-bond acceptors (Lipinski definition) is 2. The van der Waals surface area contributed by atoms with Crippen LogP contribution in [0.15, 0.2) is 0 Å². The van der Waals surface area contributed by atoms with E-state index in [1.54, 1.807) is 0 Å². The predicted octanol–water partition coefficient (Wildman–Crippen LogP) is 2.55. The Morgan fingerprint density at radius 1 is 1.44 bits per heavy atom. The molecular weight excluding hydrogens is 136 g/mol. The Balaban J connectivity index is 0. The lowest BCUT2D eigenvalue weighted by atomic mass is 10.3. The molecule has 0 atom stereocenters. The van der Waals surface area contributed by atoms with Gasteiger partial charge in [0, 0.05) is 0 Å². The minimum atomic E-state index is 0. The molecule has 0 spiro atoms. The first-order valence-corrected chi connectivity index (χ1v) is 2.93. The van der Waals surface area contributed by atoms with E-state index in [-0.39, 0.29) is 12.4 Å². The third kappa shape index (κ3) is 11.3. The van der Waals surface area contributed by atoms with E-state index in [1.807, 2.05) is 0 Å². The van der Waals surface area contributed by atoms with Crippen LogP contribution in [0, 0.1) is 16.7 Å². The lowest BCUT2D eigenvalue weighted by Gasteiger charge is -1.72. The fourth-order valence-corrected chi connectivity index (χ4v) is 0.526. The monoisotopic (exact) mass is 148 g/mol. The molecular formula is C6H13ClN2. The summed E-state index contributed by atoms with van der Waals surface area (Å²) in [7, 11) is 0. The highest BCUT2D eigenvalue weighted by Crippen LogP contribution is 2.31. The molecule has 1 rings (SSSR count). The van der Waals surface area contributed by atoms with Crippen LogP contribution in [0.5, 0.6) is 0 Å². The van der Waals surface area contributed by atoms with Crippen LogP contribution < -0.4 is 0 Å². The molecule has 0 bridgehead atoms. The van der Waals surface area contributed by atoms with E-state index in [0.29, 0.717) is 0 Å². The molecule has 1 fully saturated rings. The van der Waals surface area contributed by atoms with E-state index in [1.165, 1.54) is 25.3 Å². The topological polar surface area (TPSA) is 47.7 Å². The second-order valence-electron chi connectivity index (χ2n) is 1.98. The molecule has 0 amide bonds. The molecule has 9 heavy (non-hydrogen) atoms. The Bertz CT molecular complexity index is 83.1. The summed E-state index contributed by atoms with van der Waals surface area (Å²) in [6, 6.07) is 1.25. The summed E-state index contributed by atoms with van der Waals surface area (Å²) >= 11 is 0. The van der Waals surface area contributed by atoms with Crippen molar-refractivity contribution in [1.82, 2.24) is 0 Å². The molecule has 0 radical (unpaired) electrons. The van der Waals surface area contributed by atoms with Crippen molar-refractivity contribution in [2.24, 2.45) is 5.92 Å². The molecule has 54 valence electrons. The van der Waals surface area contributed by atoms with Gasteiger partial charge in [0.25, 0.3) is 0 Å². The van der Waals surface area contributed by atoms with Crippen LogP contribution in [0.25, 0.3) is 0 Å². The molecule has 1 aliphatic rings. The maximum Gasteiger partial charge on any atom is 0.0831 e. The van der Waals surface area contributed by atoms with E-state index in [9.17, 15) is 0 Å². The molecule has 0 aromatic rings. The van der Waals surface area contributed by atoms with E-state index in [0.717, 1.165) is 5.92 Å². The van der Waals surface area contributed by atoms with Gasteiger partial charge in [0.1, 0.15) is 0 Å². The van der Waals surface area contributed by atoms with Gasteiger partial charge in [0.2, 0.25) is 0 Å². The molecule has 0 heterocycles. The van der Waals surface area contributed by atoms with Crippen LogP contribution in [0.1, 0.15) is 26.2 Å². The number of hydrogen-bond donors (Lipinski definition) is 2. The Hall–Kier alpha value is -0.330. The van der Waals surface area contributed by atoms with Crippen molar-refractivity contribution >= 4 is 18.4 Å². The summed E-state index contributed by atoms with van der Waals surface area (Å²) < 4.78 is 0. The van der Waals surface area contributed by atoms with Gasteiger partial charge in [-0.1, -0.05) is 26.2 Å². The molecule has 0 saturated heterocycles. The zero-order valence-electron chi connectivity index (χ0n) is 5.61. The summed E-state index contributed by atoms with van der Waals surface area (Å²) in [5.41, 5.74) is 0. The van der Waals surface area contributed by atoms with Crippen LogP contribution in [0.4, 0.5) is 0 Å². The fourth-order valence-electron chi connectivity index (χ4n) is 0.526. The Labute approximate surface area is 62.1 Å². The van der Waals surface area contributed by atoms with Crippen LogP contribution in [-0.2, 0) is 0 Å². The average Bonchev–Trinajstić information content (AvgIpc) is 2.48. The Kier molecular flexibility index (Phi) is 9.77. The van der Waals surface area contributed by atoms with Crippen LogP contribution >= 0.6 is 12.4 Å². The number of rotatable bonds is 1. The quantitative estimate of drug-likeness (QED) is 0.537. The molecule has 1 aliphatic carbocycles. The van der Waals surface area contributed by atoms with Crippen LogP contribution in [0.3, 0.4) is 0 Å². The third-order valence-corrected chi connectivity index (χ3v) is 1.27. The summed E-state index contributed by atoms with van der Waals surface area (Å²) in [4.78, 5) is 0. The van der Waals surface area contributed by atoms with Crippen molar-refractivity contribution in [1.29, 1.82) is 10.8 Å². The standard InChI is InChI=1S/C5H10.CH2N2.ClH/c1-2-5-3-4-5;2-1-3;/h5H,2-4H2,1H3;2-3H;1H. The zero-order chi connectivity index (χ0) is 6.41. The zero-order valence-corrected chi connectivity index (χ0v) is 6.42. The van der Waals surface area contributed by atoms with E-state index in [2.05, 4.69) is 6.92 Å². The van der Waals surface area contributed by atoms with Crippen molar-refractivity contribution in [3.63, 3.8) is 0 Å². The SMILES string of the molecule is CCC1CC1.Cl.N=C=N. The van der Waals surface area contributed by atoms with Crippen molar-refractivity contribution in [3.8, 4) is 0 Å². The van der Waals surface area contributed by atoms with E-state index >= 15 is 0 Å². The van der Waals surface area contributed by atoms with Gasteiger partial charge < -0.3 is 0 Å². The van der Waals surface area contributed by atoms with E-state index in [4.69, 9.17) is 10.8 Å². The lowest BCUT2D eigenvalue weighted by Crippen LogP contribution is -1.59. The fraction of sp³-hybridized carbons (Fsp3) is 0.833. The van der Waals surface area contributed by atoms with Crippen LogP contribution in [-0.4, -0.2) is 6.01 Å². The summed E-state index contributed by atoms with van der Waals surface area (Å²) in [6.45, 7) is 2.26. The van der Waals surface area contributed by atoms with Gasteiger partial charge in [0.05, 0.1) is 6.01 Å². The normalized spacial score (nSPS) is 13.9. The highest BCUT2D eigenvalue weighted by molar-refractivity contribution is 5.85. The molecule has 1 saturated carbocycles. The van der Waals surface area contributed by atoms with Crippen molar-refractivity contribution in [3.05, 3.63) is 0 Å². The van der Waals surface area contributed by atoms with Gasteiger partial charge in [-0.15, -0.1) is 12.4 Å². The molecule has 0 aromatic heterocycles. The Morgan fingerprint density at radius 2 is 1.78 bits per heavy atom. The van der Waals surface area contributed by atoms with Gasteiger partial charge in [-0.3, -0.25) is 0 Å². The minimum Gasteiger partial charge on any atom is -0.242 e. The third-order valence-electron chi connectivity index (χ3n) is 1.27. The first-order valence-electron chi connectivity index (χ1n) is 2.93. The first kappa shape index (κ1) is 11.5. The number of nitrogens with one attached hydrogen (secondary N) is 2. The van der Waals surface area contributed by atoms with Gasteiger partial charge >= 0.3 is 0 Å². The highest BCUT2D eigenvalue weighted by atomic mass is 35.5. The molecule has 2 nitrogen and oxygen atoms in total. The van der Waals surface area contributed by atoms with Crippen molar-refractivity contribution in [2.45, 2.75) is 26.2 Å². The summed E-state index contributed by atoms with van der Waals surface area (Å²) in [5.74, 6) is 1.13. The molecule has 2 N–H and O–H groups in total. The van der Waals surface area contributed by atoms with Gasteiger partial charge in [0.15, 0.2) is 0 Å². The summed E-state index contributed by atoms with van der Waals surface area (Å²) in [6.07, 6.45) is 4.44. The molecule has 0 aliphatic heterocycles. The first-order chi connectivity index (χ1) is 3.85. The maximum atomic E-state index is 5.62. The van der Waals surface area contributed by atoms with Gasteiger partial charge in [-0.05, 0) is 5.92 Å². The van der Waals surface area contributed by atoms with Crippen LogP contribution in [0.2, 0.25) is 0 Å². The molecule has 0 unspecified atom stereocenters. The van der Waals surface area contributed by atoms with Gasteiger partial charge in [-0.25, -0.2) is 10.8 Å². The molecule has 0 aromatic carbocycles. The Morgan fingerprint density at radius 3 is 1.78 bits per heavy atom. The summed E-state index contributed by atoms with van der Waals surface area (Å²) in [5, 5.41) is 11.2. The largest absolute Gasteiger partial charge is 0.242 e. The average molecular weight is 149 g/mol. The highest BCUT2D eigenvalue weighted by Gasteiger charge is 2.17. The second-order valence-corrected chi connectivity index (χ2v) is 1.98. The smallest absolute Gasteiger partial charge is 0.0831 e. The van der Waals surface area contributed by atoms with E-state index < -0.39 is 0 Å². The second kappa shape index (κ2) is 7.67. The lowest BCUT2D eigenvalue weighted by molar-refractivity contribution is 0.799. The number of halogens is 1. The van der Waals surface area contributed by atoms with Crippen molar-refractivity contribution in [2.75, 3.05) is 0 Å². The predicted molar refractivity (Wildman–Crippen MR) is 40.7 cm³/mol. The van der Waals surface area contributed by atoms with Gasteiger partial charge in [-0.2, -0.15) is 0 Å². The minimum absolute atomic E-state index is 0. The maximum absolute atomic E-state index is 5.62. The van der Waals surface area contributed by atoms with Crippen molar-refractivity contribution < 1.29 is 0 Å².